The molecule has 27 heavy (non-hydrogen) atoms. The van der Waals surface area contributed by atoms with Gasteiger partial charge >= 0.3 is 5.63 Å². The number of carbonyl (C=O) groups is 1. The molecule has 2 heterocycles. The molecule has 0 aliphatic rings. The third-order valence-corrected chi connectivity index (χ3v) is 4.19. The highest BCUT2D eigenvalue weighted by molar-refractivity contribution is 5.86. The van der Waals surface area contributed by atoms with E-state index < -0.39 is 5.63 Å². The molecule has 0 atom stereocenters. The topological polar surface area (TPSA) is 78.6 Å². The van der Waals surface area contributed by atoms with E-state index >= 15 is 0 Å². The first-order chi connectivity index (χ1) is 13.3. The van der Waals surface area contributed by atoms with Crippen LogP contribution in [-0.2, 0) is 9.53 Å². The molecule has 0 saturated carbocycles. The van der Waals surface area contributed by atoms with Gasteiger partial charge in [0.15, 0.2) is 5.58 Å². The molecule has 0 aliphatic heterocycles. The van der Waals surface area contributed by atoms with Gasteiger partial charge in [-0.1, -0.05) is 30.3 Å². The summed E-state index contributed by atoms with van der Waals surface area (Å²) in [5.41, 5.74) is 1.30. The Morgan fingerprint density at radius 1 is 1.00 bits per heavy atom. The summed E-state index contributed by atoms with van der Waals surface area (Å²) in [7, 11) is 0. The van der Waals surface area contributed by atoms with Crippen LogP contribution < -0.4 is 10.4 Å². The fourth-order valence-electron chi connectivity index (χ4n) is 2.82. The number of ether oxygens (including phenoxy) is 2. The molecule has 3 aromatic rings. The van der Waals surface area contributed by atoms with Gasteiger partial charge < -0.3 is 13.9 Å². The summed E-state index contributed by atoms with van der Waals surface area (Å²) in [6.45, 7) is 1.46. The molecule has 0 fully saturated rings. The number of rotatable bonds is 10. The summed E-state index contributed by atoms with van der Waals surface area (Å²) in [6, 6.07) is 11.2. The number of hydrogen-bond acceptors (Lipinski definition) is 6. The van der Waals surface area contributed by atoms with Gasteiger partial charge in [0, 0.05) is 0 Å². The van der Waals surface area contributed by atoms with Crippen LogP contribution in [0.15, 0.2) is 58.0 Å². The highest BCUT2D eigenvalue weighted by Gasteiger charge is 2.11. The Kier molecular flexibility index (Phi) is 6.57. The quantitative estimate of drug-likeness (QED) is 0.399. The summed E-state index contributed by atoms with van der Waals surface area (Å²) in [6.07, 6.45) is 6.82. The number of benzene rings is 1. The molecule has 0 spiro atoms. The van der Waals surface area contributed by atoms with E-state index in [1.165, 1.54) is 6.20 Å². The van der Waals surface area contributed by atoms with Crippen LogP contribution in [-0.4, -0.2) is 24.7 Å². The Hall–Kier alpha value is -3.15. The summed E-state index contributed by atoms with van der Waals surface area (Å²) in [4.78, 5) is 26.4. The lowest BCUT2D eigenvalue weighted by Crippen LogP contribution is -2.04. The molecule has 6 heteroatoms. The average molecular weight is 367 g/mol. The third kappa shape index (κ3) is 4.94. The van der Waals surface area contributed by atoms with Gasteiger partial charge in [0.05, 0.1) is 36.6 Å². The summed E-state index contributed by atoms with van der Waals surface area (Å²) in [5.74, 6) is 0.595. The van der Waals surface area contributed by atoms with Crippen LogP contribution in [0.1, 0.15) is 25.7 Å². The number of fused-ring (bicyclic) bond motifs is 1. The number of hydrogen-bond donors (Lipinski definition) is 0. The molecule has 0 unspecified atom stereocenters. The standard InChI is InChI=1S/C21H21NO5/c23-15-25-10-6-1-2-7-11-26-19-13-22-14-20-18(19)12-17(21(24)27-20)16-8-4-3-5-9-16/h3-5,8-9,12-15H,1-2,6-7,10-11H2. The first-order valence-corrected chi connectivity index (χ1v) is 8.95. The molecule has 3 rings (SSSR count). The Morgan fingerprint density at radius 3 is 2.56 bits per heavy atom. The van der Waals surface area contributed by atoms with Crippen molar-refractivity contribution in [3.05, 3.63) is 59.2 Å². The van der Waals surface area contributed by atoms with Crippen molar-refractivity contribution in [1.82, 2.24) is 4.98 Å². The van der Waals surface area contributed by atoms with Crippen molar-refractivity contribution in [2.24, 2.45) is 0 Å². The maximum absolute atomic E-state index is 12.3. The first kappa shape index (κ1) is 18.6. The van der Waals surface area contributed by atoms with Crippen LogP contribution in [0.2, 0.25) is 0 Å². The summed E-state index contributed by atoms with van der Waals surface area (Å²) >= 11 is 0. The van der Waals surface area contributed by atoms with Crippen molar-refractivity contribution in [2.75, 3.05) is 13.2 Å². The molecule has 0 aliphatic carbocycles. The van der Waals surface area contributed by atoms with Crippen LogP contribution in [0.4, 0.5) is 0 Å². The minimum atomic E-state index is -0.398. The molecule has 0 bridgehead atoms. The predicted octanol–water partition coefficient (Wildman–Crippen LogP) is 3.97. The number of aromatic nitrogens is 1. The van der Waals surface area contributed by atoms with Gasteiger partial charge in [-0.25, -0.2) is 4.79 Å². The van der Waals surface area contributed by atoms with Gasteiger partial charge in [-0.3, -0.25) is 9.78 Å². The number of carbonyl (C=O) groups excluding carboxylic acids is 1. The lowest BCUT2D eigenvalue weighted by atomic mass is 10.1. The van der Waals surface area contributed by atoms with E-state index in [1.807, 2.05) is 30.3 Å². The number of nitrogens with zero attached hydrogens (tertiary/aromatic N) is 1. The highest BCUT2D eigenvalue weighted by atomic mass is 16.5. The minimum Gasteiger partial charge on any atom is -0.491 e. The van der Waals surface area contributed by atoms with E-state index in [-0.39, 0.29) is 0 Å². The largest absolute Gasteiger partial charge is 0.491 e. The number of unbranched alkanes of at least 4 members (excludes halogenated alkanes) is 3. The van der Waals surface area contributed by atoms with E-state index in [4.69, 9.17) is 9.15 Å². The zero-order chi connectivity index (χ0) is 18.9. The van der Waals surface area contributed by atoms with Crippen LogP contribution >= 0.6 is 0 Å². The van der Waals surface area contributed by atoms with Gasteiger partial charge in [0.25, 0.3) is 6.47 Å². The second-order valence-corrected chi connectivity index (χ2v) is 6.09. The van der Waals surface area contributed by atoms with Gasteiger partial charge in [-0.2, -0.15) is 0 Å². The minimum absolute atomic E-state index is 0.398. The Balaban J connectivity index is 1.69. The molecule has 0 saturated heterocycles. The van der Waals surface area contributed by atoms with Gasteiger partial charge in [0.2, 0.25) is 0 Å². The maximum Gasteiger partial charge on any atom is 0.344 e. The molecule has 6 nitrogen and oxygen atoms in total. The van der Waals surface area contributed by atoms with Crippen molar-refractivity contribution >= 4 is 17.4 Å². The molecule has 0 N–H and O–H groups in total. The Labute approximate surface area is 156 Å². The second-order valence-electron chi connectivity index (χ2n) is 6.09. The van der Waals surface area contributed by atoms with Crippen LogP contribution in [0.5, 0.6) is 5.75 Å². The van der Waals surface area contributed by atoms with Crippen LogP contribution in [0.3, 0.4) is 0 Å². The smallest absolute Gasteiger partial charge is 0.344 e. The monoisotopic (exact) mass is 367 g/mol. The molecule has 1 aromatic carbocycles. The van der Waals surface area contributed by atoms with Crippen molar-refractivity contribution in [3.8, 4) is 16.9 Å². The predicted molar refractivity (Wildman–Crippen MR) is 102 cm³/mol. The molecule has 2 aromatic heterocycles. The third-order valence-electron chi connectivity index (χ3n) is 4.19. The first-order valence-electron chi connectivity index (χ1n) is 8.95. The summed E-state index contributed by atoms with van der Waals surface area (Å²) < 4.78 is 16.0. The molecule has 0 amide bonds. The van der Waals surface area contributed by atoms with E-state index in [0.717, 1.165) is 36.6 Å². The van der Waals surface area contributed by atoms with Gasteiger partial charge in [-0.05, 0) is 37.3 Å². The van der Waals surface area contributed by atoms with Crippen molar-refractivity contribution in [2.45, 2.75) is 25.7 Å². The van der Waals surface area contributed by atoms with E-state index in [2.05, 4.69) is 9.72 Å². The highest BCUT2D eigenvalue weighted by Crippen LogP contribution is 2.27. The zero-order valence-corrected chi connectivity index (χ0v) is 14.9. The SMILES string of the molecule is O=COCCCCCCOc1cncc2oc(=O)c(-c3ccccc3)cc12. The molecular weight excluding hydrogens is 346 g/mol. The van der Waals surface area contributed by atoms with E-state index in [0.29, 0.717) is 36.6 Å². The molecular formula is C21H21NO5. The fraction of sp³-hybridized carbons (Fsp3) is 0.286. The normalized spacial score (nSPS) is 10.7. The van der Waals surface area contributed by atoms with Crippen molar-refractivity contribution < 1.29 is 18.7 Å². The van der Waals surface area contributed by atoms with Gasteiger partial charge in [-0.15, -0.1) is 0 Å². The lowest BCUT2D eigenvalue weighted by molar-refractivity contribution is -0.128. The van der Waals surface area contributed by atoms with Crippen molar-refractivity contribution in [1.29, 1.82) is 0 Å². The second kappa shape index (κ2) is 9.52. The number of pyridine rings is 1. The Bertz CT molecular complexity index is 936. The zero-order valence-electron chi connectivity index (χ0n) is 14.9. The maximum atomic E-state index is 12.3. The average Bonchev–Trinajstić information content (AvgIpc) is 2.70. The molecule has 0 radical (unpaired) electrons. The van der Waals surface area contributed by atoms with E-state index in [9.17, 15) is 9.59 Å². The van der Waals surface area contributed by atoms with Crippen LogP contribution in [0.25, 0.3) is 22.1 Å². The van der Waals surface area contributed by atoms with E-state index in [1.54, 1.807) is 12.3 Å². The molecule has 140 valence electrons. The lowest BCUT2D eigenvalue weighted by Gasteiger charge is -2.09. The summed E-state index contributed by atoms with van der Waals surface area (Å²) in [5, 5.41) is 0.725. The fourth-order valence-corrected chi connectivity index (χ4v) is 2.82. The Morgan fingerprint density at radius 2 is 1.78 bits per heavy atom. The van der Waals surface area contributed by atoms with Crippen LogP contribution in [0, 0.1) is 0 Å². The van der Waals surface area contributed by atoms with Crippen molar-refractivity contribution in [3.63, 3.8) is 0 Å². The van der Waals surface area contributed by atoms with Gasteiger partial charge in [0.1, 0.15) is 5.75 Å².